The molecule has 0 N–H and O–H groups in total. The second-order valence-corrected chi connectivity index (χ2v) is 3.82. The summed E-state index contributed by atoms with van der Waals surface area (Å²) in [6.45, 7) is 0. The Morgan fingerprint density at radius 1 is 0.941 bits per heavy atom. The van der Waals surface area contributed by atoms with Crippen LogP contribution in [0.1, 0.15) is 15.9 Å². The molecule has 0 bridgehead atoms. The maximum atomic E-state index is 13.6. The number of halogens is 3. The molecule has 2 aromatic rings. The lowest BCUT2D eigenvalue weighted by molar-refractivity contribution is 0.103. The Balaban J connectivity index is 2.52. The van der Waals surface area contributed by atoms with E-state index in [4.69, 9.17) is 11.6 Å². The molecule has 0 heterocycles. The average Bonchev–Trinajstić information content (AvgIpc) is 2.32. The van der Waals surface area contributed by atoms with Crippen molar-refractivity contribution in [3.63, 3.8) is 0 Å². The lowest BCUT2D eigenvalue weighted by Gasteiger charge is -2.04. The fourth-order valence-electron chi connectivity index (χ4n) is 1.47. The van der Waals surface area contributed by atoms with Crippen molar-refractivity contribution >= 4 is 17.4 Å². The molecule has 17 heavy (non-hydrogen) atoms. The van der Waals surface area contributed by atoms with Crippen molar-refractivity contribution in [3.8, 4) is 0 Å². The van der Waals surface area contributed by atoms with Crippen LogP contribution in [0.5, 0.6) is 0 Å². The van der Waals surface area contributed by atoms with E-state index in [0.717, 1.165) is 6.07 Å². The van der Waals surface area contributed by atoms with Crippen molar-refractivity contribution in [2.75, 3.05) is 0 Å². The van der Waals surface area contributed by atoms with E-state index < -0.39 is 17.4 Å². The van der Waals surface area contributed by atoms with Gasteiger partial charge in [-0.1, -0.05) is 29.8 Å². The van der Waals surface area contributed by atoms with E-state index in [2.05, 4.69) is 0 Å². The number of benzene rings is 2. The Bertz CT molecular complexity index is 581. The predicted octanol–water partition coefficient (Wildman–Crippen LogP) is 3.85. The molecule has 0 aliphatic rings. The maximum absolute atomic E-state index is 13.6. The molecule has 0 radical (unpaired) electrons. The molecule has 0 unspecified atom stereocenters. The van der Waals surface area contributed by atoms with Crippen LogP contribution in [-0.4, -0.2) is 5.78 Å². The molecule has 0 aromatic heterocycles. The molecule has 1 nitrogen and oxygen atoms in total. The summed E-state index contributed by atoms with van der Waals surface area (Å²) >= 11 is 5.56. The van der Waals surface area contributed by atoms with Crippen molar-refractivity contribution in [2.45, 2.75) is 0 Å². The summed E-state index contributed by atoms with van der Waals surface area (Å²) in [5.41, 5.74) is -0.406. The van der Waals surface area contributed by atoms with Crippen molar-refractivity contribution in [1.29, 1.82) is 0 Å². The van der Waals surface area contributed by atoms with Gasteiger partial charge in [0.05, 0.1) is 16.1 Å². The van der Waals surface area contributed by atoms with Crippen molar-refractivity contribution < 1.29 is 13.6 Å². The minimum Gasteiger partial charge on any atom is -0.288 e. The minimum absolute atomic E-state index is 0.160. The van der Waals surface area contributed by atoms with E-state index in [-0.39, 0.29) is 16.1 Å². The Morgan fingerprint density at radius 2 is 1.59 bits per heavy atom. The normalized spacial score (nSPS) is 10.3. The zero-order valence-electron chi connectivity index (χ0n) is 8.58. The summed E-state index contributed by atoms with van der Waals surface area (Å²) in [7, 11) is 0. The number of carbonyl (C=O) groups is 1. The van der Waals surface area contributed by atoms with E-state index in [1.807, 2.05) is 0 Å². The molecule has 0 aliphatic heterocycles. The van der Waals surface area contributed by atoms with Gasteiger partial charge in [-0.25, -0.2) is 8.78 Å². The molecule has 0 aliphatic carbocycles. The van der Waals surface area contributed by atoms with Gasteiger partial charge >= 0.3 is 0 Å². The Kier molecular flexibility index (Phi) is 3.20. The maximum Gasteiger partial charge on any atom is 0.198 e. The van der Waals surface area contributed by atoms with Crippen molar-refractivity contribution in [2.24, 2.45) is 0 Å². The fraction of sp³-hybridized carbons (Fsp3) is 0. The summed E-state index contributed by atoms with van der Waals surface area (Å²) in [6.07, 6.45) is 0. The molecule has 0 fully saturated rings. The average molecular weight is 253 g/mol. The van der Waals surface area contributed by atoms with Crippen LogP contribution in [0.4, 0.5) is 8.78 Å². The first-order chi connectivity index (χ1) is 8.11. The van der Waals surface area contributed by atoms with Gasteiger partial charge in [0.1, 0.15) is 5.82 Å². The van der Waals surface area contributed by atoms with Gasteiger partial charge in [0.15, 0.2) is 11.6 Å². The second-order valence-electron chi connectivity index (χ2n) is 3.41. The Labute approximate surface area is 102 Å². The highest BCUT2D eigenvalue weighted by atomic mass is 35.5. The molecule has 0 spiro atoms. The molecule has 0 saturated heterocycles. The molecule has 0 atom stereocenters. The number of ketones is 1. The minimum atomic E-state index is -0.831. The first-order valence-electron chi connectivity index (χ1n) is 4.84. The van der Waals surface area contributed by atoms with Gasteiger partial charge in [-0.2, -0.15) is 0 Å². The van der Waals surface area contributed by atoms with Crippen LogP contribution in [0.2, 0.25) is 5.02 Å². The first kappa shape index (κ1) is 11.7. The van der Waals surface area contributed by atoms with Crippen LogP contribution in [0, 0.1) is 11.6 Å². The standard InChI is InChI=1S/C13H7ClF2O/c14-10-6-3-5-9(12(10)16)13(17)8-4-1-2-7-11(8)15/h1-7H. The molecule has 2 rings (SSSR count). The lowest BCUT2D eigenvalue weighted by atomic mass is 10.0. The summed E-state index contributed by atoms with van der Waals surface area (Å²) in [6, 6.07) is 9.47. The summed E-state index contributed by atoms with van der Waals surface area (Å²) < 4.78 is 27.0. The number of hydrogen-bond donors (Lipinski definition) is 0. The van der Waals surface area contributed by atoms with Gasteiger partial charge in [0.25, 0.3) is 0 Å². The largest absolute Gasteiger partial charge is 0.288 e. The predicted molar refractivity (Wildman–Crippen MR) is 61.2 cm³/mol. The number of hydrogen-bond acceptors (Lipinski definition) is 1. The van der Waals surface area contributed by atoms with Gasteiger partial charge in [0.2, 0.25) is 0 Å². The van der Waals surface area contributed by atoms with E-state index in [0.29, 0.717) is 0 Å². The number of carbonyl (C=O) groups excluding carboxylic acids is 1. The summed E-state index contributed by atoms with van der Waals surface area (Å²) in [4.78, 5) is 11.9. The summed E-state index contributed by atoms with van der Waals surface area (Å²) in [5, 5.41) is -0.160. The highest BCUT2D eigenvalue weighted by Gasteiger charge is 2.18. The van der Waals surface area contributed by atoms with Crippen LogP contribution in [0.3, 0.4) is 0 Å². The fourth-order valence-corrected chi connectivity index (χ4v) is 1.64. The monoisotopic (exact) mass is 252 g/mol. The molecule has 2 aromatic carbocycles. The molecule has 4 heteroatoms. The van der Waals surface area contributed by atoms with E-state index in [9.17, 15) is 13.6 Å². The third kappa shape index (κ3) is 2.19. The highest BCUT2D eigenvalue weighted by molar-refractivity contribution is 6.31. The lowest BCUT2D eigenvalue weighted by Crippen LogP contribution is -2.06. The first-order valence-corrected chi connectivity index (χ1v) is 5.22. The zero-order chi connectivity index (χ0) is 12.4. The van der Waals surface area contributed by atoms with Crippen LogP contribution < -0.4 is 0 Å². The molecule has 0 amide bonds. The van der Waals surface area contributed by atoms with Crippen LogP contribution in [-0.2, 0) is 0 Å². The highest BCUT2D eigenvalue weighted by Crippen LogP contribution is 2.21. The van der Waals surface area contributed by atoms with E-state index >= 15 is 0 Å². The molecular formula is C13H7ClF2O. The second kappa shape index (κ2) is 4.63. The van der Waals surface area contributed by atoms with Gasteiger partial charge in [-0.05, 0) is 24.3 Å². The van der Waals surface area contributed by atoms with Gasteiger partial charge < -0.3 is 0 Å². The zero-order valence-corrected chi connectivity index (χ0v) is 9.34. The smallest absolute Gasteiger partial charge is 0.198 e. The molecular weight excluding hydrogens is 246 g/mol. The Morgan fingerprint density at radius 3 is 2.29 bits per heavy atom. The van der Waals surface area contributed by atoms with Crippen LogP contribution >= 0.6 is 11.6 Å². The Hall–Kier alpha value is -1.74. The quantitative estimate of drug-likeness (QED) is 0.742. The third-order valence-electron chi connectivity index (χ3n) is 2.31. The number of rotatable bonds is 2. The van der Waals surface area contributed by atoms with Crippen molar-refractivity contribution in [3.05, 3.63) is 70.2 Å². The third-order valence-corrected chi connectivity index (χ3v) is 2.61. The van der Waals surface area contributed by atoms with E-state index in [1.54, 1.807) is 0 Å². The van der Waals surface area contributed by atoms with Crippen molar-refractivity contribution in [1.82, 2.24) is 0 Å². The summed E-state index contributed by atoms with van der Waals surface area (Å²) in [5.74, 6) is -2.23. The van der Waals surface area contributed by atoms with Gasteiger partial charge in [0, 0.05) is 0 Å². The topological polar surface area (TPSA) is 17.1 Å². The molecule has 86 valence electrons. The molecule has 0 saturated carbocycles. The van der Waals surface area contributed by atoms with Crippen LogP contribution in [0.25, 0.3) is 0 Å². The SMILES string of the molecule is O=C(c1ccccc1F)c1cccc(Cl)c1F. The van der Waals surface area contributed by atoms with Gasteiger partial charge in [-0.3, -0.25) is 4.79 Å². The van der Waals surface area contributed by atoms with Gasteiger partial charge in [-0.15, -0.1) is 0 Å². The van der Waals surface area contributed by atoms with Crippen LogP contribution in [0.15, 0.2) is 42.5 Å². The van der Waals surface area contributed by atoms with E-state index in [1.165, 1.54) is 36.4 Å².